The summed E-state index contributed by atoms with van der Waals surface area (Å²) in [5.74, 6) is 0.372. The monoisotopic (exact) mass is 1560 g/mol. The number of aliphatic hydroxyl groups excluding tert-OH is 1. The van der Waals surface area contributed by atoms with Crippen LogP contribution in [0.5, 0.6) is 0 Å². The molecule has 0 amide bonds. The van der Waals surface area contributed by atoms with E-state index in [1.54, 1.807) is 0 Å². The van der Waals surface area contributed by atoms with Crippen LogP contribution in [0, 0.1) is 17.8 Å². The molecule has 0 aliphatic rings. The zero-order valence-corrected chi connectivity index (χ0v) is 72.4. The molecule has 0 fully saturated rings. The second-order valence-corrected chi connectivity index (χ2v) is 35.3. The van der Waals surface area contributed by atoms with E-state index in [0.717, 1.165) is 108 Å². The van der Waals surface area contributed by atoms with Gasteiger partial charge in [0.05, 0.1) is 26.4 Å². The molecule has 0 bridgehead atoms. The van der Waals surface area contributed by atoms with Gasteiger partial charge in [-0.3, -0.25) is 37.3 Å². The Hall–Kier alpha value is -1.94. The highest BCUT2D eigenvalue weighted by molar-refractivity contribution is 7.47. The summed E-state index contributed by atoms with van der Waals surface area (Å²) < 4.78 is 69.0. The topological polar surface area (TPSA) is 237 Å². The van der Waals surface area contributed by atoms with Gasteiger partial charge in [-0.1, -0.05) is 414 Å². The Morgan fingerprint density at radius 2 is 0.449 bits per heavy atom. The average Bonchev–Trinajstić information content (AvgIpc) is 0.900. The van der Waals surface area contributed by atoms with Crippen molar-refractivity contribution in [2.45, 2.75) is 484 Å². The minimum absolute atomic E-state index is 0.107. The predicted octanol–water partition coefficient (Wildman–Crippen LogP) is 26.9. The Kier molecular flexibility index (Phi) is 76.6. The van der Waals surface area contributed by atoms with Gasteiger partial charge in [-0.2, -0.15) is 0 Å². The lowest BCUT2D eigenvalue weighted by atomic mass is 9.99. The van der Waals surface area contributed by atoms with Crippen LogP contribution in [0.1, 0.15) is 466 Å². The molecule has 0 aliphatic carbocycles. The first-order valence-electron chi connectivity index (χ1n) is 45.5. The average molecular weight is 1560 g/mol. The van der Waals surface area contributed by atoms with Gasteiger partial charge in [-0.15, -0.1) is 0 Å². The molecule has 8 atom stereocenters. The van der Waals surface area contributed by atoms with Crippen LogP contribution < -0.4 is 0 Å². The zero-order chi connectivity index (χ0) is 78.6. The van der Waals surface area contributed by atoms with Gasteiger partial charge >= 0.3 is 39.5 Å². The molecule has 0 aromatic heterocycles. The molecule has 19 heteroatoms. The second kappa shape index (κ2) is 78.0. The number of rotatable bonds is 86. The van der Waals surface area contributed by atoms with E-state index in [9.17, 15) is 43.2 Å². The molecule has 0 heterocycles. The Morgan fingerprint density at radius 3 is 0.664 bits per heavy atom. The van der Waals surface area contributed by atoms with Crippen molar-refractivity contribution >= 4 is 39.5 Å². The molecule has 17 nitrogen and oxygen atoms in total. The Bertz CT molecular complexity index is 2070. The highest BCUT2D eigenvalue weighted by Crippen LogP contribution is 2.45. The normalized spacial score (nSPS) is 14.6. The second-order valence-electron chi connectivity index (χ2n) is 32.4. The molecule has 0 aromatic carbocycles. The third-order valence-corrected chi connectivity index (χ3v) is 23.6. The summed E-state index contributed by atoms with van der Waals surface area (Å²) in [7, 11) is -9.93. The first-order chi connectivity index (χ1) is 51.8. The quantitative estimate of drug-likeness (QED) is 0.0222. The van der Waals surface area contributed by atoms with E-state index in [0.29, 0.717) is 25.7 Å². The lowest BCUT2D eigenvalue weighted by molar-refractivity contribution is -0.161. The number of aliphatic hydroxyl groups is 1. The molecule has 0 rings (SSSR count). The maximum Gasteiger partial charge on any atom is 0.472 e. The van der Waals surface area contributed by atoms with Crippen molar-refractivity contribution in [2.24, 2.45) is 17.8 Å². The van der Waals surface area contributed by atoms with Crippen LogP contribution in [0.4, 0.5) is 0 Å². The third-order valence-electron chi connectivity index (χ3n) is 21.7. The van der Waals surface area contributed by atoms with Gasteiger partial charge in [0, 0.05) is 25.7 Å². The number of hydrogen-bond acceptors (Lipinski definition) is 15. The molecule has 0 aliphatic heterocycles. The molecular formula is C88H172O17P2. The molecule has 5 unspecified atom stereocenters. The van der Waals surface area contributed by atoms with Crippen molar-refractivity contribution < 1.29 is 80.2 Å². The van der Waals surface area contributed by atoms with E-state index in [2.05, 4.69) is 48.5 Å². The summed E-state index contributed by atoms with van der Waals surface area (Å²) in [6.45, 7) is 12.1. The van der Waals surface area contributed by atoms with Crippen LogP contribution >= 0.6 is 15.6 Å². The van der Waals surface area contributed by atoms with E-state index < -0.39 is 97.5 Å². The van der Waals surface area contributed by atoms with Gasteiger partial charge in [0.2, 0.25) is 0 Å². The Morgan fingerprint density at radius 1 is 0.262 bits per heavy atom. The molecular weight excluding hydrogens is 1390 g/mol. The summed E-state index contributed by atoms with van der Waals surface area (Å²) in [6, 6.07) is 0. The zero-order valence-electron chi connectivity index (χ0n) is 70.6. The van der Waals surface area contributed by atoms with Gasteiger partial charge in [-0.05, 0) is 43.4 Å². The number of ether oxygens (including phenoxy) is 4. The third kappa shape index (κ3) is 77.8. The van der Waals surface area contributed by atoms with E-state index in [1.807, 2.05) is 0 Å². The molecule has 0 saturated heterocycles. The van der Waals surface area contributed by atoms with Crippen LogP contribution in [0.3, 0.4) is 0 Å². The minimum atomic E-state index is -4.97. The first kappa shape index (κ1) is 105. The van der Waals surface area contributed by atoms with E-state index >= 15 is 0 Å². The maximum atomic E-state index is 13.2. The molecule has 3 N–H and O–H groups in total. The molecule has 0 spiro atoms. The van der Waals surface area contributed by atoms with Gasteiger partial charge in [0.15, 0.2) is 12.2 Å². The number of phosphoric ester groups is 2. The number of phosphoric acid groups is 2. The minimum Gasteiger partial charge on any atom is -0.462 e. The number of unbranched alkanes of at least 4 members (excludes halogenated alkanes) is 51. The smallest absolute Gasteiger partial charge is 0.462 e. The Labute approximate surface area is 658 Å². The van der Waals surface area contributed by atoms with Crippen LogP contribution in [0.2, 0.25) is 0 Å². The lowest BCUT2D eigenvalue weighted by Gasteiger charge is -2.21. The van der Waals surface area contributed by atoms with Crippen molar-refractivity contribution in [3.05, 3.63) is 0 Å². The highest BCUT2D eigenvalue weighted by atomic mass is 31.2. The van der Waals surface area contributed by atoms with Crippen LogP contribution in [0.15, 0.2) is 0 Å². The first-order valence-corrected chi connectivity index (χ1v) is 48.5. The number of hydrogen-bond donors (Lipinski definition) is 3. The highest BCUT2D eigenvalue weighted by Gasteiger charge is 2.31. The van der Waals surface area contributed by atoms with Gasteiger partial charge < -0.3 is 33.8 Å². The van der Waals surface area contributed by atoms with E-state index in [4.69, 9.17) is 37.0 Å². The molecule has 107 heavy (non-hydrogen) atoms. The van der Waals surface area contributed by atoms with Gasteiger partial charge in [-0.25, -0.2) is 9.13 Å². The van der Waals surface area contributed by atoms with Crippen LogP contribution in [-0.2, 0) is 65.4 Å². The Balaban J connectivity index is 5.27. The standard InChI is InChI=1S/C88H172O17P2/c1-8-12-13-14-15-16-17-18-19-20-21-22-23-31-36-41-50-57-64-71-87(92)104-83(75-98-85(90)69-62-55-48-40-35-30-26-24-28-33-38-45-52-59-66-79(5)9-2)77-102-106(94,95)100-73-82(89)74-101-107(96,97)103-78-84(76-99-86(91)70-63-56-49-44-43-47-54-61-68-81(7)11-4)105-88(93)72-65-58-51-42-37-32-27-25-29-34-39-46-53-60-67-80(6)10-3/h79-84,89H,8-78H2,1-7H3,(H,94,95)(H,96,97)/t79?,80?,81?,82-,83-,84-/m1/s1. The number of esters is 4. The predicted molar refractivity (Wildman–Crippen MR) is 441 cm³/mol. The van der Waals surface area contributed by atoms with E-state index in [1.165, 1.54) is 276 Å². The molecule has 636 valence electrons. The van der Waals surface area contributed by atoms with Crippen molar-refractivity contribution in [1.29, 1.82) is 0 Å². The summed E-state index contributed by atoms with van der Waals surface area (Å²) in [5.41, 5.74) is 0. The molecule has 0 saturated carbocycles. The fraction of sp³-hybridized carbons (Fsp3) is 0.955. The van der Waals surface area contributed by atoms with Gasteiger partial charge in [0.25, 0.3) is 0 Å². The lowest BCUT2D eigenvalue weighted by Crippen LogP contribution is -2.30. The number of carbonyl (C=O) groups excluding carboxylic acids is 4. The van der Waals surface area contributed by atoms with Crippen molar-refractivity contribution in [2.75, 3.05) is 39.6 Å². The fourth-order valence-electron chi connectivity index (χ4n) is 13.6. The largest absolute Gasteiger partial charge is 0.472 e. The maximum absolute atomic E-state index is 13.2. The SMILES string of the molecule is CCCCCCCCCCCCCCCCCCCCCC(=O)O[C@H](COC(=O)CCCCCCCCCCCCCCCCC(C)CC)COP(=O)(O)OC[C@@H](O)COP(=O)(O)OC[C@@H](COC(=O)CCCCCCCCCCC(C)CC)OC(=O)CCCCCCCCCCCCCCCCC(C)CC. The summed E-state index contributed by atoms with van der Waals surface area (Å²) in [6.07, 6.45) is 69.2. The molecule has 0 radical (unpaired) electrons. The van der Waals surface area contributed by atoms with Crippen LogP contribution in [-0.4, -0.2) is 96.7 Å². The molecule has 0 aromatic rings. The van der Waals surface area contributed by atoms with Gasteiger partial charge in [0.1, 0.15) is 19.3 Å². The van der Waals surface area contributed by atoms with Crippen LogP contribution in [0.25, 0.3) is 0 Å². The van der Waals surface area contributed by atoms with E-state index in [-0.39, 0.29) is 25.7 Å². The van der Waals surface area contributed by atoms with Crippen molar-refractivity contribution in [1.82, 2.24) is 0 Å². The summed E-state index contributed by atoms with van der Waals surface area (Å²) in [4.78, 5) is 73.4. The summed E-state index contributed by atoms with van der Waals surface area (Å²) in [5, 5.41) is 10.7. The van der Waals surface area contributed by atoms with Crippen molar-refractivity contribution in [3.8, 4) is 0 Å². The number of carbonyl (C=O) groups is 4. The fourth-order valence-corrected chi connectivity index (χ4v) is 15.2. The van der Waals surface area contributed by atoms with Crippen molar-refractivity contribution in [3.63, 3.8) is 0 Å². The summed E-state index contributed by atoms with van der Waals surface area (Å²) >= 11 is 0.